The molecule has 0 spiro atoms. The van der Waals surface area contributed by atoms with E-state index in [1.165, 1.54) is 12.8 Å². The van der Waals surface area contributed by atoms with Gasteiger partial charge in [-0.05, 0) is 37.8 Å². The number of nitrogens with zero attached hydrogens (tertiary/aromatic N) is 2. The standard InChI is InChI=1S/C18H23N3O3/c1-13-2-5-17(21-7-6-19-12-21)16(8-13)18(23)20-9-15(22)11-24-10-14-3-4-14/h2,5-8,12,14-15,22H,3-4,9-11H2,1H3,(H,20,23). The van der Waals surface area contributed by atoms with Crippen molar-refractivity contribution in [1.29, 1.82) is 0 Å². The first kappa shape index (κ1) is 16.7. The monoisotopic (exact) mass is 329 g/mol. The summed E-state index contributed by atoms with van der Waals surface area (Å²) in [6, 6.07) is 5.68. The molecule has 1 aromatic carbocycles. The summed E-state index contributed by atoms with van der Waals surface area (Å²) < 4.78 is 7.24. The van der Waals surface area contributed by atoms with Gasteiger partial charge in [-0.3, -0.25) is 4.79 Å². The van der Waals surface area contributed by atoms with Crippen molar-refractivity contribution in [3.63, 3.8) is 0 Å². The smallest absolute Gasteiger partial charge is 0.253 e. The number of nitrogens with one attached hydrogen (secondary N) is 1. The van der Waals surface area contributed by atoms with Crippen molar-refractivity contribution < 1.29 is 14.6 Å². The van der Waals surface area contributed by atoms with E-state index in [1.54, 1.807) is 23.3 Å². The quantitative estimate of drug-likeness (QED) is 0.773. The SMILES string of the molecule is Cc1ccc(-n2ccnc2)c(C(=O)NCC(O)COCC2CC2)c1. The molecule has 1 unspecified atom stereocenters. The topological polar surface area (TPSA) is 76.4 Å². The maximum absolute atomic E-state index is 12.5. The minimum atomic E-state index is -0.700. The Balaban J connectivity index is 1.58. The molecular weight excluding hydrogens is 306 g/mol. The van der Waals surface area contributed by atoms with Crippen LogP contribution in [-0.2, 0) is 4.74 Å². The van der Waals surface area contributed by atoms with Gasteiger partial charge in [-0.1, -0.05) is 11.6 Å². The van der Waals surface area contributed by atoms with Crippen LogP contribution in [0.1, 0.15) is 28.8 Å². The number of aromatic nitrogens is 2. The first-order chi connectivity index (χ1) is 11.6. The Morgan fingerprint density at radius 2 is 2.33 bits per heavy atom. The summed E-state index contributed by atoms with van der Waals surface area (Å²) >= 11 is 0. The molecule has 1 aromatic heterocycles. The van der Waals surface area contributed by atoms with Gasteiger partial charge in [0.1, 0.15) is 0 Å². The zero-order valence-electron chi connectivity index (χ0n) is 13.8. The van der Waals surface area contributed by atoms with Crippen LogP contribution in [0.3, 0.4) is 0 Å². The molecule has 1 aliphatic rings. The number of amides is 1. The average molecular weight is 329 g/mol. The van der Waals surface area contributed by atoms with Gasteiger partial charge in [-0.15, -0.1) is 0 Å². The summed E-state index contributed by atoms with van der Waals surface area (Å²) in [7, 11) is 0. The number of aliphatic hydroxyl groups is 1. The highest BCUT2D eigenvalue weighted by Gasteiger charge is 2.21. The predicted octanol–water partition coefficient (Wildman–Crippen LogP) is 1.70. The Hall–Kier alpha value is -2.18. The molecule has 6 nitrogen and oxygen atoms in total. The molecule has 1 fully saturated rings. The lowest BCUT2D eigenvalue weighted by Crippen LogP contribution is -2.35. The van der Waals surface area contributed by atoms with E-state index < -0.39 is 6.10 Å². The molecule has 24 heavy (non-hydrogen) atoms. The van der Waals surface area contributed by atoms with Gasteiger partial charge in [0.2, 0.25) is 0 Å². The van der Waals surface area contributed by atoms with Gasteiger partial charge >= 0.3 is 0 Å². The van der Waals surface area contributed by atoms with Gasteiger partial charge in [0.05, 0.1) is 30.3 Å². The van der Waals surface area contributed by atoms with Crippen molar-refractivity contribution in [2.75, 3.05) is 19.8 Å². The van der Waals surface area contributed by atoms with Crippen molar-refractivity contribution in [2.24, 2.45) is 5.92 Å². The second-order valence-electron chi connectivity index (χ2n) is 6.34. The Morgan fingerprint density at radius 1 is 1.50 bits per heavy atom. The first-order valence-corrected chi connectivity index (χ1v) is 8.26. The van der Waals surface area contributed by atoms with Crippen LogP contribution in [0.25, 0.3) is 5.69 Å². The van der Waals surface area contributed by atoms with Crippen LogP contribution in [-0.4, -0.2) is 46.4 Å². The molecule has 0 aliphatic heterocycles. The molecule has 6 heteroatoms. The maximum atomic E-state index is 12.5. The van der Waals surface area contributed by atoms with Gasteiger partial charge in [-0.2, -0.15) is 0 Å². The molecule has 1 aliphatic carbocycles. The third-order valence-electron chi connectivity index (χ3n) is 4.04. The Kier molecular flexibility index (Phi) is 5.27. The third-order valence-corrected chi connectivity index (χ3v) is 4.04. The third kappa shape index (κ3) is 4.43. The summed E-state index contributed by atoms with van der Waals surface area (Å²) in [5, 5.41) is 12.7. The van der Waals surface area contributed by atoms with E-state index in [2.05, 4.69) is 10.3 Å². The molecule has 1 heterocycles. The molecule has 3 rings (SSSR count). The van der Waals surface area contributed by atoms with Gasteiger partial charge in [0, 0.05) is 25.5 Å². The summed E-state index contributed by atoms with van der Waals surface area (Å²) in [6.07, 6.45) is 6.86. The molecule has 0 saturated heterocycles. The van der Waals surface area contributed by atoms with Crippen LogP contribution < -0.4 is 5.32 Å². The normalized spacial score (nSPS) is 15.2. The van der Waals surface area contributed by atoms with E-state index >= 15 is 0 Å². The second kappa shape index (κ2) is 7.59. The lowest BCUT2D eigenvalue weighted by Gasteiger charge is -2.14. The number of rotatable bonds is 8. The fraction of sp³-hybridized carbons (Fsp3) is 0.444. The van der Waals surface area contributed by atoms with Crippen LogP contribution in [0.4, 0.5) is 0 Å². The van der Waals surface area contributed by atoms with Crippen molar-refractivity contribution in [3.8, 4) is 5.69 Å². The summed E-state index contributed by atoms with van der Waals surface area (Å²) in [5.74, 6) is 0.445. The summed E-state index contributed by atoms with van der Waals surface area (Å²) in [6.45, 7) is 3.06. The predicted molar refractivity (Wildman–Crippen MR) is 90.2 cm³/mol. The molecule has 2 aromatic rings. The number of benzene rings is 1. The molecule has 0 radical (unpaired) electrons. The van der Waals surface area contributed by atoms with Crippen LogP contribution >= 0.6 is 0 Å². The maximum Gasteiger partial charge on any atom is 0.253 e. The number of carbonyl (C=O) groups excluding carboxylic acids is 1. The van der Waals surface area contributed by atoms with Crippen LogP contribution in [0.2, 0.25) is 0 Å². The zero-order chi connectivity index (χ0) is 16.9. The van der Waals surface area contributed by atoms with Gasteiger partial charge in [0.25, 0.3) is 5.91 Å². The number of aliphatic hydroxyl groups excluding tert-OH is 1. The largest absolute Gasteiger partial charge is 0.389 e. The van der Waals surface area contributed by atoms with Gasteiger partial charge < -0.3 is 19.7 Å². The van der Waals surface area contributed by atoms with Crippen molar-refractivity contribution in [1.82, 2.24) is 14.9 Å². The first-order valence-electron chi connectivity index (χ1n) is 8.26. The van der Waals surface area contributed by atoms with E-state index in [0.29, 0.717) is 18.1 Å². The second-order valence-corrected chi connectivity index (χ2v) is 6.34. The Labute approximate surface area is 141 Å². The Bertz CT molecular complexity index is 681. The van der Waals surface area contributed by atoms with E-state index in [-0.39, 0.29) is 19.1 Å². The van der Waals surface area contributed by atoms with Crippen molar-refractivity contribution in [2.45, 2.75) is 25.9 Å². The zero-order valence-corrected chi connectivity index (χ0v) is 13.8. The van der Waals surface area contributed by atoms with Crippen LogP contribution in [0.15, 0.2) is 36.9 Å². The van der Waals surface area contributed by atoms with Crippen LogP contribution in [0.5, 0.6) is 0 Å². The lowest BCUT2D eigenvalue weighted by molar-refractivity contribution is 0.0320. The average Bonchev–Trinajstić information content (AvgIpc) is 3.23. The number of hydrogen-bond acceptors (Lipinski definition) is 4. The van der Waals surface area contributed by atoms with Crippen molar-refractivity contribution in [3.05, 3.63) is 48.0 Å². The molecular formula is C18H23N3O3. The lowest BCUT2D eigenvalue weighted by atomic mass is 10.1. The number of aryl methyl sites for hydroxylation is 1. The molecule has 1 amide bonds. The molecule has 1 saturated carbocycles. The minimum absolute atomic E-state index is 0.167. The van der Waals surface area contributed by atoms with Gasteiger partial charge in [0.15, 0.2) is 0 Å². The van der Waals surface area contributed by atoms with E-state index in [1.807, 2.05) is 25.1 Å². The van der Waals surface area contributed by atoms with E-state index in [0.717, 1.165) is 11.3 Å². The number of hydrogen-bond donors (Lipinski definition) is 2. The molecule has 2 N–H and O–H groups in total. The number of carbonyl (C=O) groups is 1. The van der Waals surface area contributed by atoms with Crippen LogP contribution in [0, 0.1) is 12.8 Å². The molecule has 128 valence electrons. The fourth-order valence-corrected chi connectivity index (χ4v) is 2.48. The highest BCUT2D eigenvalue weighted by Crippen LogP contribution is 2.28. The summed E-state index contributed by atoms with van der Waals surface area (Å²) in [4.78, 5) is 16.5. The van der Waals surface area contributed by atoms with Crippen molar-refractivity contribution >= 4 is 5.91 Å². The molecule has 1 atom stereocenters. The summed E-state index contributed by atoms with van der Waals surface area (Å²) in [5.41, 5.74) is 2.31. The minimum Gasteiger partial charge on any atom is -0.389 e. The highest BCUT2D eigenvalue weighted by atomic mass is 16.5. The number of imidazole rings is 1. The Morgan fingerprint density at radius 3 is 3.04 bits per heavy atom. The van der Waals surface area contributed by atoms with E-state index in [4.69, 9.17) is 4.74 Å². The molecule has 0 bridgehead atoms. The fourth-order valence-electron chi connectivity index (χ4n) is 2.48. The van der Waals surface area contributed by atoms with Gasteiger partial charge in [-0.25, -0.2) is 4.98 Å². The van der Waals surface area contributed by atoms with E-state index in [9.17, 15) is 9.90 Å². The number of ether oxygens (including phenoxy) is 1. The highest BCUT2D eigenvalue weighted by molar-refractivity contribution is 5.98.